The summed E-state index contributed by atoms with van der Waals surface area (Å²) in [7, 11) is 0. The van der Waals surface area contributed by atoms with E-state index in [1.807, 2.05) is 0 Å². The number of hydrogen-bond donors (Lipinski definition) is 0. The van der Waals surface area contributed by atoms with Crippen LogP contribution in [-0.4, -0.2) is 50.3 Å². The summed E-state index contributed by atoms with van der Waals surface area (Å²) in [4.78, 5) is 48.4. The van der Waals surface area contributed by atoms with Crippen LogP contribution >= 0.6 is 0 Å². The highest BCUT2D eigenvalue weighted by molar-refractivity contribution is 5.80. The van der Waals surface area contributed by atoms with E-state index in [9.17, 15) is 19.2 Å². The van der Waals surface area contributed by atoms with Gasteiger partial charge in [-0.15, -0.1) is 0 Å². The van der Waals surface area contributed by atoms with Crippen molar-refractivity contribution >= 4 is 23.9 Å². The number of carbonyl (C=O) groups is 4. The van der Waals surface area contributed by atoms with Crippen LogP contribution < -0.4 is 0 Å². The second-order valence-electron chi connectivity index (χ2n) is 22.3. The minimum Gasteiger partial charge on any atom is -0.466 e. The van der Waals surface area contributed by atoms with E-state index in [-0.39, 0.29) is 36.7 Å². The van der Waals surface area contributed by atoms with Crippen molar-refractivity contribution in [2.24, 2.45) is 35.5 Å². The SMILES string of the molecule is CC(C)CCCCCCCCCCCCCCCOC(=O)CC(C)C(=O)OCCCCCCCCCCCCCCCC(C)C.CCCCC(CC)COC(=O)CC(C)C(=O)OCC(CC)CCCC. The van der Waals surface area contributed by atoms with Gasteiger partial charge in [0.15, 0.2) is 0 Å². The van der Waals surface area contributed by atoms with Crippen LogP contribution in [0.1, 0.15) is 313 Å². The zero-order chi connectivity index (χ0) is 52.3. The van der Waals surface area contributed by atoms with Gasteiger partial charge in [0.05, 0.1) is 51.1 Å². The molecule has 416 valence electrons. The summed E-state index contributed by atoms with van der Waals surface area (Å²) >= 11 is 0. The highest BCUT2D eigenvalue weighted by Crippen LogP contribution is 2.19. The molecule has 0 heterocycles. The van der Waals surface area contributed by atoms with Crippen molar-refractivity contribution in [2.45, 2.75) is 313 Å². The molecule has 0 spiro atoms. The number of ether oxygens (including phenoxy) is 4. The number of hydrogen-bond acceptors (Lipinski definition) is 8. The lowest BCUT2D eigenvalue weighted by atomic mass is 10.0. The Balaban J connectivity index is 0. The molecule has 0 aliphatic rings. The van der Waals surface area contributed by atoms with Crippen molar-refractivity contribution in [3.63, 3.8) is 0 Å². The monoisotopic (exact) mass is 993 g/mol. The molecule has 0 saturated heterocycles. The highest BCUT2D eigenvalue weighted by Gasteiger charge is 2.22. The van der Waals surface area contributed by atoms with Gasteiger partial charge >= 0.3 is 23.9 Å². The van der Waals surface area contributed by atoms with Crippen LogP contribution in [-0.2, 0) is 38.1 Å². The zero-order valence-corrected chi connectivity index (χ0v) is 48.4. The Bertz CT molecular complexity index is 1150. The van der Waals surface area contributed by atoms with Crippen molar-refractivity contribution < 1.29 is 38.1 Å². The lowest BCUT2D eigenvalue weighted by molar-refractivity contribution is -0.156. The quantitative estimate of drug-likeness (QED) is 0.0337. The number of rotatable bonds is 50. The second kappa shape index (κ2) is 53.2. The largest absolute Gasteiger partial charge is 0.466 e. The summed E-state index contributed by atoms with van der Waals surface area (Å²) in [5, 5.41) is 0. The molecule has 0 aromatic carbocycles. The first-order chi connectivity index (χ1) is 33.8. The minimum atomic E-state index is -0.438. The fourth-order valence-corrected chi connectivity index (χ4v) is 8.83. The lowest BCUT2D eigenvalue weighted by Crippen LogP contribution is -2.23. The summed E-state index contributed by atoms with van der Waals surface area (Å²) in [6, 6.07) is 0. The zero-order valence-electron chi connectivity index (χ0n) is 48.4. The maximum Gasteiger partial charge on any atom is 0.309 e. The topological polar surface area (TPSA) is 105 Å². The number of carbonyl (C=O) groups excluding carboxylic acids is 4. The van der Waals surface area contributed by atoms with Gasteiger partial charge in [0, 0.05) is 0 Å². The molecule has 8 heteroatoms. The molecule has 8 nitrogen and oxygen atoms in total. The van der Waals surface area contributed by atoms with Crippen molar-refractivity contribution in [1.82, 2.24) is 0 Å². The fraction of sp³-hybridized carbons (Fsp3) is 0.935. The summed E-state index contributed by atoms with van der Waals surface area (Å²) in [5.41, 5.74) is 0. The molecule has 0 bridgehead atoms. The van der Waals surface area contributed by atoms with Gasteiger partial charge in [-0.05, 0) is 49.4 Å². The highest BCUT2D eigenvalue weighted by atomic mass is 16.5. The molecule has 0 N–H and O–H groups in total. The summed E-state index contributed by atoms with van der Waals surface area (Å²) in [6.07, 6.45) is 45.9. The first-order valence-electron chi connectivity index (χ1n) is 30.4. The average molecular weight is 994 g/mol. The molecule has 0 radical (unpaired) electrons. The first-order valence-corrected chi connectivity index (χ1v) is 30.4. The van der Waals surface area contributed by atoms with Crippen LogP contribution in [0.3, 0.4) is 0 Å². The predicted molar refractivity (Wildman–Crippen MR) is 297 cm³/mol. The predicted octanol–water partition coefficient (Wildman–Crippen LogP) is 18.9. The minimum absolute atomic E-state index is 0.106. The van der Waals surface area contributed by atoms with Crippen molar-refractivity contribution in [3.8, 4) is 0 Å². The molecule has 70 heavy (non-hydrogen) atoms. The van der Waals surface area contributed by atoms with Crippen LogP contribution in [0.4, 0.5) is 0 Å². The van der Waals surface area contributed by atoms with E-state index in [0.29, 0.717) is 38.3 Å². The Morgan fingerprint density at radius 1 is 0.314 bits per heavy atom. The molecule has 0 rings (SSSR count). The van der Waals surface area contributed by atoms with Crippen molar-refractivity contribution in [2.75, 3.05) is 26.4 Å². The first kappa shape index (κ1) is 70.0. The lowest BCUT2D eigenvalue weighted by Gasteiger charge is -2.18. The normalized spacial score (nSPS) is 13.1. The molecule has 4 atom stereocenters. The maximum atomic E-state index is 12.2. The van der Waals surface area contributed by atoms with Crippen LogP contribution in [0.25, 0.3) is 0 Å². The van der Waals surface area contributed by atoms with Gasteiger partial charge in [0.1, 0.15) is 0 Å². The van der Waals surface area contributed by atoms with E-state index in [0.717, 1.165) is 88.9 Å². The Morgan fingerprint density at radius 2 is 0.600 bits per heavy atom. The Labute approximate surface area is 435 Å². The smallest absolute Gasteiger partial charge is 0.309 e. The molecule has 0 aliphatic heterocycles. The van der Waals surface area contributed by atoms with E-state index in [2.05, 4.69) is 55.4 Å². The molecule has 0 aliphatic carbocycles. The van der Waals surface area contributed by atoms with E-state index in [4.69, 9.17) is 18.9 Å². The van der Waals surface area contributed by atoms with Crippen LogP contribution in [0, 0.1) is 35.5 Å². The molecule has 0 amide bonds. The van der Waals surface area contributed by atoms with Gasteiger partial charge in [-0.3, -0.25) is 19.2 Å². The third-order valence-corrected chi connectivity index (χ3v) is 14.1. The van der Waals surface area contributed by atoms with E-state index >= 15 is 0 Å². The molecule has 0 fully saturated rings. The van der Waals surface area contributed by atoms with Crippen LogP contribution in [0.2, 0.25) is 0 Å². The molecule has 4 unspecified atom stereocenters. The van der Waals surface area contributed by atoms with E-state index < -0.39 is 11.8 Å². The van der Waals surface area contributed by atoms with Crippen LogP contribution in [0.15, 0.2) is 0 Å². The third kappa shape index (κ3) is 50.8. The Hall–Kier alpha value is -2.12. The van der Waals surface area contributed by atoms with Gasteiger partial charge < -0.3 is 18.9 Å². The van der Waals surface area contributed by atoms with Gasteiger partial charge in [-0.25, -0.2) is 0 Å². The number of unbranched alkanes of at least 4 members (excludes halogenated alkanes) is 26. The Kier molecular flexibility index (Phi) is 53.1. The van der Waals surface area contributed by atoms with Gasteiger partial charge in [0.25, 0.3) is 0 Å². The summed E-state index contributed by atoms with van der Waals surface area (Å²) in [6.45, 7) is 23.2. The molecular weight excluding hydrogens is 873 g/mol. The number of esters is 4. The van der Waals surface area contributed by atoms with Gasteiger partial charge in [-0.2, -0.15) is 0 Å². The van der Waals surface area contributed by atoms with Gasteiger partial charge in [-0.1, -0.05) is 275 Å². The summed E-state index contributed by atoms with van der Waals surface area (Å²) < 4.78 is 21.6. The van der Waals surface area contributed by atoms with Gasteiger partial charge in [0.2, 0.25) is 0 Å². The third-order valence-electron chi connectivity index (χ3n) is 14.1. The molecular formula is C62H120O8. The fourth-order valence-electron chi connectivity index (χ4n) is 8.83. The van der Waals surface area contributed by atoms with Crippen molar-refractivity contribution in [1.29, 1.82) is 0 Å². The summed E-state index contributed by atoms with van der Waals surface area (Å²) in [5.74, 6) is 0.566. The standard InChI is InChI=1S/C41H80O4.C21H40O4/c1-37(2)32-28-24-20-16-12-8-6-10-14-18-22-26-30-34-44-40(42)36-39(5)41(43)45-35-31-27-23-19-15-11-7-9-13-17-21-25-29-33-38(3)4;1-6-10-12-18(8-3)15-24-20(22)14-17(5)21(23)25-16-19(9-4)13-11-7-2/h37-39H,6-36H2,1-5H3;17-19H,6-16H2,1-5H3. The van der Waals surface area contributed by atoms with E-state index in [1.54, 1.807) is 13.8 Å². The maximum absolute atomic E-state index is 12.2. The molecule has 0 aromatic heterocycles. The Morgan fingerprint density at radius 3 is 0.929 bits per heavy atom. The van der Waals surface area contributed by atoms with Crippen molar-refractivity contribution in [3.05, 3.63) is 0 Å². The second-order valence-corrected chi connectivity index (χ2v) is 22.3. The van der Waals surface area contributed by atoms with Crippen LogP contribution in [0.5, 0.6) is 0 Å². The molecule has 0 aromatic rings. The van der Waals surface area contributed by atoms with E-state index in [1.165, 1.54) is 154 Å². The molecule has 0 saturated carbocycles. The average Bonchev–Trinajstić information content (AvgIpc) is 3.33.